The molecule has 2 atom stereocenters. The number of carbonyl (C=O) groups is 3. The smallest absolute Gasteiger partial charge is 0.261 e. The van der Waals surface area contributed by atoms with Gasteiger partial charge >= 0.3 is 0 Å². The van der Waals surface area contributed by atoms with Gasteiger partial charge in [0.25, 0.3) is 5.91 Å². The van der Waals surface area contributed by atoms with Gasteiger partial charge in [0.1, 0.15) is 12.1 Å². The lowest BCUT2D eigenvalue weighted by Crippen LogP contribution is -2.54. The molecule has 2 aromatic rings. The van der Waals surface area contributed by atoms with E-state index >= 15 is 0 Å². The van der Waals surface area contributed by atoms with Gasteiger partial charge in [0.05, 0.1) is 4.88 Å². The van der Waals surface area contributed by atoms with Gasteiger partial charge in [-0.05, 0) is 48.2 Å². The summed E-state index contributed by atoms with van der Waals surface area (Å²) in [5, 5.41) is 9.41. The van der Waals surface area contributed by atoms with Crippen molar-refractivity contribution in [2.24, 2.45) is 0 Å². The van der Waals surface area contributed by atoms with Crippen molar-refractivity contribution < 1.29 is 14.4 Å². The molecule has 0 fully saturated rings. The van der Waals surface area contributed by atoms with Crippen LogP contribution in [0.5, 0.6) is 0 Å². The molecule has 8 heteroatoms. The Hall–Kier alpha value is -2.19. The Morgan fingerprint density at radius 1 is 1.18 bits per heavy atom. The van der Waals surface area contributed by atoms with Gasteiger partial charge in [-0.1, -0.05) is 19.4 Å². The Balaban J connectivity index is 1.59. The van der Waals surface area contributed by atoms with Crippen LogP contribution >= 0.6 is 22.7 Å². The molecule has 28 heavy (non-hydrogen) atoms. The maximum Gasteiger partial charge on any atom is 0.261 e. The molecule has 0 radical (unpaired) electrons. The third-order valence-electron chi connectivity index (χ3n) is 4.80. The van der Waals surface area contributed by atoms with Gasteiger partial charge in [0.2, 0.25) is 11.8 Å². The van der Waals surface area contributed by atoms with Crippen molar-refractivity contribution in [3.05, 3.63) is 44.3 Å². The lowest BCUT2D eigenvalue weighted by Gasteiger charge is -2.31. The quantitative estimate of drug-likeness (QED) is 0.724. The van der Waals surface area contributed by atoms with Gasteiger partial charge in [-0.15, -0.1) is 22.7 Å². The van der Waals surface area contributed by atoms with Crippen molar-refractivity contribution >= 4 is 40.4 Å². The number of nitrogens with zero attached hydrogens (tertiary/aromatic N) is 1. The summed E-state index contributed by atoms with van der Waals surface area (Å²) in [4.78, 5) is 41.5. The van der Waals surface area contributed by atoms with Crippen molar-refractivity contribution in [2.75, 3.05) is 6.54 Å². The van der Waals surface area contributed by atoms with Gasteiger partial charge < -0.3 is 15.5 Å². The molecule has 0 saturated carbocycles. The first-order valence-electron chi connectivity index (χ1n) is 9.48. The van der Waals surface area contributed by atoms with Gasteiger partial charge in [-0.2, -0.15) is 0 Å². The number of carbonyl (C=O) groups excluding carboxylic acids is 3. The number of hydrogen-bond acceptors (Lipinski definition) is 5. The second-order valence-corrected chi connectivity index (χ2v) is 8.85. The average molecular weight is 420 g/mol. The van der Waals surface area contributed by atoms with E-state index in [2.05, 4.69) is 22.1 Å². The van der Waals surface area contributed by atoms with E-state index < -0.39 is 12.1 Å². The number of nitrogens with one attached hydrogen (secondary N) is 2. The summed E-state index contributed by atoms with van der Waals surface area (Å²) < 4.78 is 0. The van der Waals surface area contributed by atoms with E-state index in [-0.39, 0.29) is 17.7 Å². The van der Waals surface area contributed by atoms with Crippen LogP contribution in [0.4, 0.5) is 0 Å². The molecule has 0 saturated heterocycles. The molecular weight excluding hydrogens is 394 g/mol. The van der Waals surface area contributed by atoms with E-state index in [9.17, 15) is 14.4 Å². The third-order valence-corrected chi connectivity index (χ3v) is 6.69. The van der Waals surface area contributed by atoms with Crippen LogP contribution in [-0.2, 0) is 22.6 Å². The fourth-order valence-corrected chi connectivity index (χ4v) is 4.76. The molecule has 150 valence electrons. The second kappa shape index (κ2) is 9.34. The minimum Gasteiger partial charge on any atom is -0.343 e. The van der Waals surface area contributed by atoms with Gasteiger partial charge in [0, 0.05) is 18.0 Å². The van der Waals surface area contributed by atoms with E-state index in [1.54, 1.807) is 30.4 Å². The maximum atomic E-state index is 13.0. The van der Waals surface area contributed by atoms with E-state index in [1.807, 2.05) is 17.2 Å². The first-order valence-corrected chi connectivity index (χ1v) is 11.2. The van der Waals surface area contributed by atoms with Crippen LogP contribution in [-0.4, -0.2) is 41.2 Å². The molecule has 2 aromatic heterocycles. The summed E-state index contributed by atoms with van der Waals surface area (Å²) in [5.41, 5.74) is 1.20. The van der Waals surface area contributed by atoms with Crippen LogP contribution in [0.3, 0.4) is 0 Å². The zero-order valence-corrected chi connectivity index (χ0v) is 17.7. The lowest BCUT2D eigenvalue weighted by atomic mass is 10.1. The van der Waals surface area contributed by atoms with E-state index in [1.165, 1.54) is 21.8 Å². The lowest BCUT2D eigenvalue weighted by molar-refractivity contribution is -0.137. The molecule has 3 rings (SSSR count). The van der Waals surface area contributed by atoms with Crippen molar-refractivity contribution in [1.82, 2.24) is 15.5 Å². The van der Waals surface area contributed by atoms with Crippen LogP contribution in [0.1, 0.15) is 46.8 Å². The zero-order chi connectivity index (χ0) is 20.1. The van der Waals surface area contributed by atoms with Crippen LogP contribution in [0.15, 0.2) is 29.0 Å². The van der Waals surface area contributed by atoms with Crippen LogP contribution in [0.25, 0.3) is 0 Å². The highest BCUT2D eigenvalue weighted by atomic mass is 32.1. The van der Waals surface area contributed by atoms with Crippen LogP contribution in [0, 0.1) is 0 Å². The SMILES string of the molecule is CCCC(NC(=O)C(C)NC(=O)c1cccs1)C(=O)N1CCc2sccc2C1. The van der Waals surface area contributed by atoms with E-state index in [0.29, 0.717) is 24.4 Å². The van der Waals surface area contributed by atoms with Crippen molar-refractivity contribution in [1.29, 1.82) is 0 Å². The molecule has 1 aliphatic heterocycles. The third kappa shape index (κ3) is 4.80. The highest BCUT2D eigenvalue weighted by Crippen LogP contribution is 2.24. The highest BCUT2D eigenvalue weighted by molar-refractivity contribution is 7.12. The normalized spacial score (nSPS) is 15.4. The number of amides is 3. The predicted octanol–water partition coefficient (Wildman–Crippen LogP) is 2.80. The maximum absolute atomic E-state index is 13.0. The number of rotatable bonds is 7. The molecule has 1 aliphatic rings. The largest absolute Gasteiger partial charge is 0.343 e. The molecule has 3 amide bonds. The number of fused-ring (bicyclic) bond motifs is 1. The van der Waals surface area contributed by atoms with Crippen LogP contribution < -0.4 is 10.6 Å². The van der Waals surface area contributed by atoms with Gasteiger partial charge in [-0.3, -0.25) is 14.4 Å². The minimum atomic E-state index is -0.716. The summed E-state index contributed by atoms with van der Waals surface area (Å²) >= 11 is 3.05. The Morgan fingerprint density at radius 2 is 2.00 bits per heavy atom. The van der Waals surface area contributed by atoms with Gasteiger partial charge in [-0.25, -0.2) is 0 Å². The predicted molar refractivity (Wildman–Crippen MR) is 112 cm³/mol. The second-order valence-electron chi connectivity index (χ2n) is 6.90. The number of hydrogen-bond donors (Lipinski definition) is 2. The minimum absolute atomic E-state index is 0.0520. The summed E-state index contributed by atoms with van der Waals surface area (Å²) in [6.45, 7) is 4.89. The van der Waals surface area contributed by atoms with Crippen molar-refractivity contribution in [2.45, 2.75) is 51.7 Å². The molecule has 2 N–H and O–H groups in total. The Kier molecular flexibility index (Phi) is 6.85. The topological polar surface area (TPSA) is 78.5 Å². The Bertz CT molecular complexity index is 832. The molecule has 0 aromatic carbocycles. The molecule has 0 spiro atoms. The van der Waals surface area contributed by atoms with E-state index in [4.69, 9.17) is 0 Å². The molecule has 0 aliphatic carbocycles. The average Bonchev–Trinajstić information content (AvgIpc) is 3.37. The molecule has 2 unspecified atom stereocenters. The van der Waals surface area contributed by atoms with Crippen molar-refractivity contribution in [3.8, 4) is 0 Å². The summed E-state index contributed by atoms with van der Waals surface area (Å²) in [5.74, 6) is -0.675. The molecule has 0 bridgehead atoms. The molecule has 3 heterocycles. The highest BCUT2D eigenvalue weighted by Gasteiger charge is 2.29. The molecule has 6 nitrogen and oxygen atoms in total. The fraction of sp³-hybridized carbons (Fsp3) is 0.450. The Labute approximate surface area is 172 Å². The molecular formula is C20H25N3O3S2. The first kappa shape index (κ1) is 20.5. The summed E-state index contributed by atoms with van der Waals surface area (Å²) in [6.07, 6.45) is 2.21. The zero-order valence-electron chi connectivity index (χ0n) is 16.1. The van der Waals surface area contributed by atoms with Crippen molar-refractivity contribution in [3.63, 3.8) is 0 Å². The Morgan fingerprint density at radius 3 is 2.71 bits per heavy atom. The fourth-order valence-electron chi connectivity index (χ4n) is 3.24. The number of thiophene rings is 2. The van der Waals surface area contributed by atoms with Crippen LogP contribution in [0.2, 0.25) is 0 Å². The summed E-state index contributed by atoms with van der Waals surface area (Å²) in [6, 6.07) is 4.28. The van der Waals surface area contributed by atoms with E-state index in [0.717, 1.165) is 12.8 Å². The summed E-state index contributed by atoms with van der Waals surface area (Å²) in [7, 11) is 0. The monoisotopic (exact) mass is 419 g/mol. The first-order chi connectivity index (χ1) is 13.5. The van der Waals surface area contributed by atoms with Gasteiger partial charge in [0.15, 0.2) is 0 Å². The standard InChI is InChI=1S/C20H25N3O3S2/c1-3-5-15(20(26)23-9-7-16-14(12-23)8-11-28-16)22-18(24)13(2)21-19(25)17-6-4-10-27-17/h4,6,8,10-11,13,15H,3,5,7,9,12H2,1-2H3,(H,21,25)(H,22,24).